The molecular formula is C17H26N2O2. The Morgan fingerprint density at radius 1 is 1.38 bits per heavy atom. The summed E-state index contributed by atoms with van der Waals surface area (Å²) < 4.78 is 5.76. The van der Waals surface area contributed by atoms with Gasteiger partial charge in [0.1, 0.15) is 6.10 Å². The van der Waals surface area contributed by atoms with Crippen LogP contribution in [0.4, 0.5) is 5.69 Å². The molecule has 1 aliphatic heterocycles. The number of nitrogens with one attached hydrogen (secondary N) is 2. The van der Waals surface area contributed by atoms with Crippen molar-refractivity contribution in [3.63, 3.8) is 0 Å². The predicted molar refractivity (Wildman–Crippen MR) is 85.3 cm³/mol. The highest BCUT2D eigenvalue weighted by Crippen LogP contribution is 2.20. The fourth-order valence-corrected chi connectivity index (χ4v) is 2.38. The van der Waals surface area contributed by atoms with E-state index >= 15 is 0 Å². The summed E-state index contributed by atoms with van der Waals surface area (Å²) in [5.41, 5.74) is 0.580. The van der Waals surface area contributed by atoms with Crippen LogP contribution in [0.15, 0.2) is 30.3 Å². The Morgan fingerprint density at radius 2 is 2.10 bits per heavy atom. The second-order valence-electron chi connectivity index (χ2n) is 6.64. The van der Waals surface area contributed by atoms with Crippen LogP contribution in [0.5, 0.6) is 0 Å². The molecule has 0 aromatic heterocycles. The van der Waals surface area contributed by atoms with E-state index in [1.54, 1.807) is 0 Å². The van der Waals surface area contributed by atoms with Crippen LogP contribution in [0.25, 0.3) is 0 Å². The number of carbonyl (C=O) groups excluding carboxylic acids is 1. The lowest BCUT2D eigenvalue weighted by Crippen LogP contribution is -2.44. The van der Waals surface area contributed by atoms with Gasteiger partial charge < -0.3 is 15.4 Å². The fourth-order valence-electron chi connectivity index (χ4n) is 2.38. The lowest BCUT2D eigenvalue weighted by atomic mass is 9.97. The molecule has 0 spiro atoms. The van der Waals surface area contributed by atoms with E-state index in [0.29, 0.717) is 6.54 Å². The summed E-state index contributed by atoms with van der Waals surface area (Å²) in [7, 11) is 0. The Kier molecular flexibility index (Phi) is 5.23. The van der Waals surface area contributed by atoms with Crippen LogP contribution in [-0.2, 0) is 9.53 Å². The van der Waals surface area contributed by atoms with Gasteiger partial charge >= 0.3 is 5.97 Å². The predicted octanol–water partition coefficient (Wildman–Crippen LogP) is 2.81. The van der Waals surface area contributed by atoms with Gasteiger partial charge in [-0.1, -0.05) is 18.2 Å². The SMILES string of the molecule is CC(C)(C)C(=O)OC(CNc1ccccc1)[C@H]1CCCN1. The number of hydrogen-bond donors (Lipinski definition) is 2. The van der Waals surface area contributed by atoms with E-state index in [-0.39, 0.29) is 18.1 Å². The van der Waals surface area contributed by atoms with Crippen molar-refractivity contribution < 1.29 is 9.53 Å². The molecule has 0 bridgehead atoms. The van der Waals surface area contributed by atoms with Crippen LogP contribution in [0.1, 0.15) is 33.6 Å². The van der Waals surface area contributed by atoms with Crippen LogP contribution < -0.4 is 10.6 Å². The van der Waals surface area contributed by atoms with E-state index in [0.717, 1.165) is 25.1 Å². The second kappa shape index (κ2) is 6.94. The first-order valence-corrected chi connectivity index (χ1v) is 7.70. The van der Waals surface area contributed by atoms with Crippen molar-refractivity contribution in [3.05, 3.63) is 30.3 Å². The van der Waals surface area contributed by atoms with Gasteiger partial charge in [-0.3, -0.25) is 4.79 Å². The van der Waals surface area contributed by atoms with E-state index in [4.69, 9.17) is 4.74 Å². The van der Waals surface area contributed by atoms with Crippen molar-refractivity contribution >= 4 is 11.7 Å². The lowest BCUT2D eigenvalue weighted by Gasteiger charge is -2.28. The molecule has 2 N–H and O–H groups in total. The van der Waals surface area contributed by atoms with Crippen molar-refractivity contribution in [1.82, 2.24) is 5.32 Å². The molecule has 1 fully saturated rings. The number of hydrogen-bond acceptors (Lipinski definition) is 4. The third-order valence-electron chi connectivity index (χ3n) is 3.70. The zero-order chi connectivity index (χ0) is 15.3. The Morgan fingerprint density at radius 3 is 2.67 bits per heavy atom. The summed E-state index contributed by atoms with van der Waals surface area (Å²) in [5, 5.41) is 6.79. The molecular weight excluding hydrogens is 264 g/mol. The normalized spacial score (nSPS) is 20.0. The summed E-state index contributed by atoms with van der Waals surface area (Å²) in [4.78, 5) is 12.2. The Hall–Kier alpha value is -1.55. The first kappa shape index (κ1) is 15.8. The monoisotopic (exact) mass is 290 g/mol. The van der Waals surface area contributed by atoms with Gasteiger partial charge in [-0.15, -0.1) is 0 Å². The molecule has 0 amide bonds. The van der Waals surface area contributed by atoms with Crippen molar-refractivity contribution in [1.29, 1.82) is 0 Å². The highest BCUT2D eigenvalue weighted by molar-refractivity contribution is 5.75. The highest BCUT2D eigenvalue weighted by atomic mass is 16.5. The number of rotatable bonds is 5. The molecule has 1 aromatic carbocycles. The number of ether oxygens (including phenoxy) is 1. The molecule has 4 nitrogen and oxygen atoms in total. The topological polar surface area (TPSA) is 50.4 Å². The number of esters is 1. The summed E-state index contributed by atoms with van der Waals surface area (Å²) in [6, 6.07) is 10.3. The number of para-hydroxylation sites is 1. The summed E-state index contributed by atoms with van der Waals surface area (Å²) in [5.74, 6) is -0.143. The average molecular weight is 290 g/mol. The molecule has 2 rings (SSSR count). The molecule has 4 heteroatoms. The highest BCUT2D eigenvalue weighted by Gasteiger charge is 2.31. The molecule has 1 saturated heterocycles. The third-order valence-corrected chi connectivity index (χ3v) is 3.70. The maximum absolute atomic E-state index is 12.2. The zero-order valence-electron chi connectivity index (χ0n) is 13.2. The number of carbonyl (C=O) groups is 1. The van der Waals surface area contributed by atoms with Crippen molar-refractivity contribution in [3.8, 4) is 0 Å². The molecule has 1 aliphatic rings. The minimum absolute atomic E-state index is 0.139. The molecule has 21 heavy (non-hydrogen) atoms. The molecule has 0 radical (unpaired) electrons. The quantitative estimate of drug-likeness (QED) is 0.819. The summed E-state index contributed by atoms with van der Waals surface area (Å²) in [6.07, 6.45) is 2.05. The van der Waals surface area contributed by atoms with Gasteiger partial charge in [0.05, 0.1) is 12.0 Å². The third kappa shape index (κ3) is 4.74. The van der Waals surface area contributed by atoms with Gasteiger partial charge in [0.15, 0.2) is 0 Å². The zero-order valence-corrected chi connectivity index (χ0v) is 13.2. The minimum Gasteiger partial charge on any atom is -0.458 e. The first-order chi connectivity index (χ1) is 9.97. The van der Waals surface area contributed by atoms with E-state index in [2.05, 4.69) is 10.6 Å². The molecule has 116 valence electrons. The maximum Gasteiger partial charge on any atom is 0.311 e. The van der Waals surface area contributed by atoms with Gasteiger partial charge in [0.25, 0.3) is 0 Å². The minimum atomic E-state index is -0.469. The molecule has 1 unspecified atom stereocenters. The van der Waals surface area contributed by atoms with Crippen LogP contribution >= 0.6 is 0 Å². The number of anilines is 1. The Bertz CT molecular complexity index is 448. The maximum atomic E-state index is 12.2. The van der Waals surface area contributed by atoms with Crippen LogP contribution in [0.3, 0.4) is 0 Å². The van der Waals surface area contributed by atoms with Gasteiger partial charge in [0, 0.05) is 11.7 Å². The Balaban J connectivity index is 1.97. The van der Waals surface area contributed by atoms with Crippen LogP contribution in [0, 0.1) is 5.41 Å². The lowest BCUT2D eigenvalue weighted by molar-refractivity contribution is -0.159. The van der Waals surface area contributed by atoms with E-state index in [1.807, 2.05) is 51.1 Å². The first-order valence-electron chi connectivity index (χ1n) is 7.70. The van der Waals surface area contributed by atoms with Crippen LogP contribution in [0.2, 0.25) is 0 Å². The van der Waals surface area contributed by atoms with Gasteiger partial charge in [-0.05, 0) is 52.3 Å². The van der Waals surface area contributed by atoms with E-state index < -0.39 is 5.41 Å². The second-order valence-corrected chi connectivity index (χ2v) is 6.64. The van der Waals surface area contributed by atoms with Gasteiger partial charge in [0.2, 0.25) is 0 Å². The van der Waals surface area contributed by atoms with Crippen molar-refractivity contribution in [2.45, 2.75) is 45.8 Å². The molecule has 0 aliphatic carbocycles. The summed E-state index contributed by atoms with van der Waals surface area (Å²) in [6.45, 7) is 7.29. The summed E-state index contributed by atoms with van der Waals surface area (Å²) >= 11 is 0. The largest absolute Gasteiger partial charge is 0.458 e. The van der Waals surface area contributed by atoms with E-state index in [9.17, 15) is 4.79 Å². The molecule has 1 aromatic rings. The van der Waals surface area contributed by atoms with Gasteiger partial charge in [-0.25, -0.2) is 0 Å². The van der Waals surface area contributed by atoms with Gasteiger partial charge in [-0.2, -0.15) is 0 Å². The average Bonchev–Trinajstić information content (AvgIpc) is 2.97. The number of benzene rings is 1. The van der Waals surface area contributed by atoms with Crippen molar-refractivity contribution in [2.24, 2.45) is 5.41 Å². The smallest absolute Gasteiger partial charge is 0.311 e. The molecule has 2 atom stereocenters. The Labute approximate surface area is 127 Å². The standard InChI is InChI=1S/C17H26N2O2/c1-17(2,3)16(20)21-15(14-10-7-11-18-14)12-19-13-8-5-4-6-9-13/h4-6,8-9,14-15,18-19H,7,10-12H2,1-3H3/t14-,15?/m1/s1. The molecule has 1 heterocycles. The van der Waals surface area contributed by atoms with Crippen LogP contribution in [-0.4, -0.2) is 31.2 Å². The van der Waals surface area contributed by atoms with E-state index in [1.165, 1.54) is 0 Å². The van der Waals surface area contributed by atoms with Crippen molar-refractivity contribution in [2.75, 3.05) is 18.4 Å². The fraction of sp³-hybridized carbons (Fsp3) is 0.588. The molecule has 0 saturated carbocycles.